The molecular formula is C20H19N3O6S. The summed E-state index contributed by atoms with van der Waals surface area (Å²) < 4.78 is 9.92. The number of carbonyl (C=O) groups excluding carboxylic acids is 2. The molecule has 1 aromatic carbocycles. The van der Waals surface area contributed by atoms with E-state index in [0.29, 0.717) is 10.6 Å². The van der Waals surface area contributed by atoms with Crippen LogP contribution >= 0.6 is 11.3 Å². The van der Waals surface area contributed by atoms with Gasteiger partial charge in [-0.15, -0.1) is 11.3 Å². The molecule has 0 bridgehead atoms. The topological polar surface area (TPSA) is 132 Å². The van der Waals surface area contributed by atoms with E-state index in [4.69, 9.17) is 4.74 Å². The van der Waals surface area contributed by atoms with Crippen LogP contribution in [0.15, 0.2) is 18.2 Å². The van der Waals surface area contributed by atoms with Crippen LogP contribution < -0.4 is 10.1 Å². The highest BCUT2D eigenvalue weighted by atomic mass is 32.1. The van der Waals surface area contributed by atoms with Gasteiger partial charge in [0, 0.05) is 17.0 Å². The van der Waals surface area contributed by atoms with Crippen LogP contribution in [0.3, 0.4) is 0 Å². The van der Waals surface area contributed by atoms with Crippen molar-refractivity contribution in [3.8, 4) is 11.8 Å². The van der Waals surface area contributed by atoms with Crippen LogP contribution in [-0.4, -0.2) is 30.5 Å². The molecule has 1 N–H and O–H groups in total. The molecule has 0 fully saturated rings. The number of nitrogens with zero attached hydrogens (tertiary/aromatic N) is 2. The molecule has 3 rings (SSSR count). The molecule has 10 heteroatoms. The van der Waals surface area contributed by atoms with Crippen molar-refractivity contribution in [2.75, 3.05) is 19.0 Å². The number of hydrogen-bond donors (Lipinski definition) is 1. The molecular weight excluding hydrogens is 410 g/mol. The van der Waals surface area contributed by atoms with Crippen LogP contribution in [0.4, 0.5) is 10.7 Å². The van der Waals surface area contributed by atoms with Gasteiger partial charge in [-0.2, -0.15) is 5.26 Å². The van der Waals surface area contributed by atoms with E-state index < -0.39 is 23.4 Å². The fourth-order valence-electron chi connectivity index (χ4n) is 3.28. The lowest BCUT2D eigenvalue weighted by atomic mass is 10.1. The molecule has 0 aliphatic heterocycles. The van der Waals surface area contributed by atoms with E-state index in [2.05, 4.69) is 16.1 Å². The molecule has 0 saturated heterocycles. The zero-order valence-electron chi connectivity index (χ0n) is 16.2. The number of nitrogens with one attached hydrogen (secondary N) is 1. The quantitative estimate of drug-likeness (QED) is 0.321. The molecule has 1 heterocycles. The second-order valence-electron chi connectivity index (χ2n) is 6.65. The first-order chi connectivity index (χ1) is 14.4. The summed E-state index contributed by atoms with van der Waals surface area (Å²) in [6.07, 6.45) is 4.87. The number of amides is 1. The standard InChI is InChI=1S/C20H19N3O6S/c1-28-20(25)12-7-8-15(23(26)27)16(9-12)29-11-18(24)22-19-14(10-21)13-5-3-2-4-6-17(13)30-19/h7-9H,2-6,11H2,1H3,(H,22,24). The minimum absolute atomic E-state index is 0.0623. The number of methoxy groups -OCH3 is 1. The van der Waals surface area contributed by atoms with Gasteiger partial charge >= 0.3 is 11.7 Å². The van der Waals surface area contributed by atoms with E-state index in [9.17, 15) is 25.0 Å². The number of hydrogen-bond acceptors (Lipinski definition) is 8. The van der Waals surface area contributed by atoms with Gasteiger partial charge in [0.05, 0.1) is 23.2 Å². The first-order valence-electron chi connectivity index (χ1n) is 9.28. The summed E-state index contributed by atoms with van der Waals surface area (Å²) in [4.78, 5) is 35.7. The van der Waals surface area contributed by atoms with Crippen LogP contribution in [0.1, 0.15) is 45.6 Å². The zero-order chi connectivity index (χ0) is 21.7. The monoisotopic (exact) mass is 429 g/mol. The second-order valence-corrected chi connectivity index (χ2v) is 7.75. The number of ether oxygens (including phenoxy) is 2. The molecule has 30 heavy (non-hydrogen) atoms. The first kappa shape index (κ1) is 21.3. The van der Waals surface area contributed by atoms with Crippen molar-refractivity contribution < 1.29 is 24.0 Å². The van der Waals surface area contributed by atoms with Gasteiger partial charge in [0.1, 0.15) is 11.1 Å². The van der Waals surface area contributed by atoms with Gasteiger partial charge < -0.3 is 14.8 Å². The SMILES string of the molecule is COC(=O)c1ccc([N+](=O)[O-])c(OCC(=O)Nc2sc3c(c2C#N)CCCCC3)c1. The number of thiophene rings is 1. The van der Waals surface area contributed by atoms with Gasteiger partial charge in [-0.1, -0.05) is 6.42 Å². The number of anilines is 1. The number of nitriles is 1. The van der Waals surface area contributed by atoms with Crippen molar-refractivity contribution in [3.63, 3.8) is 0 Å². The Hall–Kier alpha value is -3.45. The Morgan fingerprint density at radius 1 is 1.30 bits per heavy atom. The number of aryl methyl sites for hydroxylation is 1. The van der Waals surface area contributed by atoms with Crippen LogP contribution in [0.2, 0.25) is 0 Å². The summed E-state index contributed by atoms with van der Waals surface area (Å²) in [7, 11) is 1.19. The summed E-state index contributed by atoms with van der Waals surface area (Å²) in [6, 6.07) is 5.69. The Labute approximate surface area is 176 Å². The molecule has 0 atom stereocenters. The van der Waals surface area contributed by atoms with Crippen LogP contribution in [0, 0.1) is 21.4 Å². The largest absolute Gasteiger partial charge is 0.477 e. The van der Waals surface area contributed by atoms with Crippen molar-refractivity contribution in [2.45, 2.75) is 32.1 Å². The molecule has 1 aliphatic carbocycles. The maximum atomic E-state index is 12.4. The Morgan fingerprint density at radius 3 is 2.77 bits per heavy atom. The molecule has 2 aromatic rings. The molecule has 1 amide bonds. The molecule has 0 unspecified atom stereocenters. The van der Waals surface area contributed by atoms with E-state index in [1.807, 2.05) is 0 Å². The summed E-state index contributed by atoms with van der Waals surface area (Å²) in [5.41, 5.74) is 1.16. The van der Waals surface area contributed by atoms with Crippen LogP contribution in [-0.2, 0) is 22.4 Å². The van der Waals surface area contributed by atoms with Crippen molar-refractivity contribution in [3.05, 3.63) is 49.9 Å². The number of benzene rings is 1. The highest BCUT2D eigenvalue weighted by Crippen LogP contribution is 2.37. The molecule has 1 aliphatic rings. The van der Waals surface area contributed by atoms with Gasteiger partial charge in [-0.25, -0.2) is 4.79 Å². The van der Waals surface area contributed by atoms with Crippen molar-refractivity contribution >= 4 is 33.9 Å². The van der Waals surface area contributed by atoms with Crippen molar-refractivity contribution in [1.29, 1.82) is 5.26 Å². The third-order valence-corrected chi connectivity index (χ3v) is 5.93. The predicted molar refractivity (Wildman–Crippen MR) is 109 cm³/mol. The summed E-state index contributed by atoms with van der Waals surface area (Å²) >= 11 is 1.39. The summed E-state index contributed by atoms with van der Waals surface area (Å²) in [5.74, 6) is -1.46. The van der Waals surface area contributed by atoms with Gasteiger partial charge in [0.25, 0.3) is 5.91 Å². The Morgan fingerprint density at radius 2 is 2.07 bits per heavy atom. The van der Waals surface area contributed by atoms with Crippen LogP contribution in [0.25, 0.3) is 0 Å². The molecule has 0 spiro atoms. The lowest BCUT2D eigenvalue weighted by Gasteiger charge is -2.08. The zero-order valence-corrected chi connectivity index (χ0v) is 17.0. The number of rotatable bonds is 6. The lowest BCUT2D eigenvalue weighted by molar-refractivity contribution is -0.385. The maximum absolute atomic E-state index is 12.4. The highest BCUT2D eigenvalue weighted by molar-refractivity contribution is 7.16. The maximum Gasteiger partial charge on any atom is 0.337 e. The van der Waals surface area contributed by atoms with E-state index in [-0.39, 0.29) is 17.0 Å². The van der Waals surface area contributed by atoms with Crippen molar-refractivity contribution in [2.24, 2.45) is 0 Å². The van der Waals surface area contributed by atoms with E-state index in [0.717, 1.165) is 54.7 Å². The van der Waals surface area contributed by atoms with Crippen molar-refractivity contribution in [1.82, 2.24) is 0 Å². The predicted octanol–water partition coefficient (Wildman–Crippen LogP) is 3.60. The van der Waals surface area contributed by atoms with Gasteiger partial charge in [0.15, 0.2) is 12.4 Å². The number of nitro groups is 1. The Bertz CT molecular complexity index is 1040. The summed E-state index contributed by atoms with van der Waals surface area (Å²) in [5, 5.41) is 23.9. The Balaban J connectivity index is 1.74. The normalized spacial score (nSPS) is 12.8. The van der Waals surface area contributed by atoms with E-state index in [1.54, 1.807) is 0 Å². The fraction of sp³-hybridized carbons (Fsp3) is 0.350. The smallest absolute Gasteiger partial charge is 0.337 e. The van der Waals surface area contributed by atoms with Gasteiger partial charge in [0.2, 0.25) is 0 Å². The number of carbonyl (C=O) groups is 2. The molecule has 9 nitrogen and oxygen atoms in total. The van der Waals surface area contributed by atoms with Crippen LogP contribution in [0.5, 0.6) is 5.75 Å². The molecule has 0 saturated carbocycles. The lowest BCUT2D eigenvalue weighted by Crippen LogP contribution is -2.20. The number of nitro benzene ring substituents is 1. The third kappa shape index (κ3) is 4.58. The van der Waals surface area contributed by atoms with Gasteiger partial charge in [-0.3, -0.25) is 14.9 Å². The molecule has 1 aromatic heterocycles. The third-order valence-electron chi connectivity index (χ3n) is 4.72. The average molecular weight is 429 g/mol. The summed E-state index contributed by atoms with van der Waals surface area (Å²) in [6.45, 7) is -0.515. The Kier molecular flexibility index (Phi) is 6.64. The number of fused-ring (bicyclic) bond motifs is 1. The number of esters is 1. The second kappa shape index (κ2) is 9.37. The molecule has 0 radical (unpaired) electrons. The fourth-order valence-corrected chi connectivity index (χ4v) is 4.54. The highest BCUT2D eigenvalue weighted by Gasteiger charge is 2.22. The average Bonchev–Trinajstić information content (AvgIpc) is 2.90. The first-order valence-corrected chi connectivity index (χ1v) is 10.1. The van der Waals surface area contributed by atoms with E-state index >= 15 is 0 Å². The van der Waals surface area contributed by atoms with Gasteiger partial charge in [-0.05, 0) is 37.3 Å². The minimum atomic E-state index is -0.682. The molecule has 156 valence electrons. The van der Waals surface area contributed by atoms with E-state index in [1.165, 1.54) is 24.5 Å². The minimum Gasteiger partial charge on any atom is -0.477 e.